The van der Waals surface area contributed by atoms with Crippen LogP contribution in [0.1, 0.15) is 0 Å². The van der Waals surface area contributed by atoms with Crippen molar-refractivity contribution in [1.82, 2.24) is 19.9 Å². The van der Waals surface area contributed by atoms with E-state index >= 15 is 0 Å². The van der Waals surface area contributed by atoms with Gasteiger partial charge in [-0.25, -0.2) is 4.98 Å². The molecule has 8 heteroatoms. The highest BCUT2D eigenvalue weighted by molar-refractivity contribution is 6.36. The Bertz CT molecular complexity index is 755. The van der Waals surface area contributed by atoms with Crippen LogP contribution in [0.25, 0.3) is 11.2 Å². The summed E-state index contributed by atoms with van der Waals surface area (Å²) in [5.41, 5.74) is 1.79. The van der Waals surface area contributed by atoms with E-state index in [1.165, 1.54) is 6.33 Å². The van der Waals surface area contributed by atoms with Crippen LogP contribution in [0.15, 0.2) is 24.5 Å². The normalized spacial score (nSPS) is 10.9. The monoisotopic (exact) mass is 313 g/mol. The Morgan fingerprint density at radius 1 is 1.11 bits per heavy atom. The molecule has 0 spiro atoms. The third kappa shape index (κ3) is 2.45. The Labute approximate surface area is 122 Å². The number of hydrogen-bond acceptors (Lipinski definition) is 4. The molecule has 2 aromatic heterocycles. The maximum atomic E-state index is 6.10. The number of halogens is 3. The second-order valence-corrected chi connectivity index (χ2v) is 4.87. The number of hydrogen-bond donors (Lipinski definition) is 2. The van der Waals surface area contributed by atoms with Crippen LogP contribution < -0.4 is 5.32 Å². The molecule has 3 rings (SSSR count). The summed E-state index contributed by atoms with van der Waals surface area (Å²) in [5.74, 6) is 0.497. The minimum atomic E-state index is 0.104. The van der Waals surface area contributed by atoms with Gasteiger partial charge >= 0.3 is 0 Å². The van der Waals surface area contributed by atoms with E-state index in [0.29, 0.717) is 32.7 Å². The van der Waals surface area contributed by atoms with Gasteiger partial charge in [0, 0.05) is 5.02 Å². The van der Waals surface area contributed by atoms with Crippen LogP contribution in [0.2, 0.25) is 15.3 Å². The Morgan fingerprint density at radius 3 is 2.74 bits per heavy atom. The molecular formula is C11H6Cl3N5. The van der Waals surface area contributed by atoms with Gasteiger partial charge in [0.15, 0.2) is 11.5 Å². The average molecular weight is 315 g/mol. The molecule has 19 heavy (non-hydrogen) atoms. The third-order valence-electron chi connectivity index (χ3n) is 2.44. The van der Waals surface area contributed by atoms with E-state index in [9.17, 15) is 0 Å². The maximum absolute atomic E-state index is 6.10. The standard InChI is InChI=1S/C11H6Cl3N5/c12-5-1-2-7(6(13)3-5)17-10-8-9(16-4-15-8)18-11(14)19-10/h1-4H,(H2,15,16,17,18,19). The predicted octanol–water partition coefficient (Wildman–Crippen LogP) is 4.06. The van der Waals surface area contributed by atoms with E-state index in [1.807, 2.05) is 0 Å². The van der Waals surface area contributed by atoms with Crippen molar-refractivity contribution in [2.24, 2.45) is 0 Å². The minimum Gasteiger partial charge on any atom is -0.340 e. The lowest BCUT2D eigenvalue weighted by Crippen LogP contribution is -1.97. The summed E-state index contributed by atoms with van der Waals surface area (Å²) in [5, 5.41) is 4.22. The van der Waals surface area contributed by atoms with Crippen LogP contribution in [0, 0.1) is 0 Å². The van der Waals surface area contributed by atoms with Crippen molar-refractivity contribution >= 4 is 57.5 Å². The van der Waals surface area contributed by atoms with Gasteiger partial charge in [0.1, 0.15) is 5.52 Å². The molecule has 2 heterocycles. The lowest BCUT2D eigenvalue weighted by molar-refractivity contribution is 1.20. The van der Waals surface area contributed by atoms with E-state index in [2.05, 4.69) is 25.3 Å². The zero-order valence-electron chi connectivity index (χ0n) is 9.28. The van der Waals surface area contributed by atoms with Crippen molar-refractivity contribution in [3.8, 4) is 0 Å². The molecule has 0 amide bonds. The number of aromatic amines is 1. The molecule has 5 nitrogen and oxygen atoms in total. The van der Waals surface area contributed by atoms with Crippen LogP contribution in [0.3, 0.4) is 0 Å². The van der Waals surface area contributed by atoms with Crippen LogP contribution in [-0.4, -0.2) is 19.9 Å². The molecule has 0 bridgehead atoms. The number of anilines is 2. The molecule has 1 aromatic carbocycles. The molecule has 3 aromatic rings. The summed E-state index contributed by atoms with van der Waals surface area (Å²) in [4.78, 5) is 15.1. The SMILES string of the molecule is Clc1ccc(Nc2nc(Cl)nc3nc[nH]c23)c(Cl)c1. The fourth-order valence-electron chi connectivity index (χ4n) is 1.62. The predicted molar refractivity (Wildman–Crippen MR) is 76.4 cm³/mol. The summed E-state index contributed by atoms with van der Waals surface area (Å²) >= 11 is 17.8. The molecule has 0 aliphatic rings. The number of benzene rings is 1. The number of H-pyrrole nitrogens is 1. The molecule has 0 aliphatic heterocycles. The third-order valence-corrected chi connectivity index (χ3v) is 3.16. The summed E-state index contributed by atoms with van der Waals surface area (Å²) in [6.07, 6.45) is 1.52. The van der Waals surface area contributed by atoms with E-state index in [4.69, 9.17) is 34.8 Å². The van der Waals surface area contributed by atoms with Crippen molar-refractivity contribution in [3.05, 3.63) is 39.9 Å². The molecule has 0 saturated heterocycles. The highest BCUT2D eigenvalue weighted by Gasteiger charge is 2.10. The Hall–Kier alpha value is -1.56. The topological polar surface area (TPSA) is 66.5 Å². The Morgan fingerprint density at radius 2 is 1.95 bits per heavy atom. The van der Waals surface area contributed by atoms with Crippen molar-refractivity contribution < 1.29 is 0 Å². The second kappa shape index (κ2) is 4.85. The first-order valence-electron chi connectivity index (χ1n) is 5.22. The Kier molecular flexibility index (Phi) is 3.18. The number of rotatable bonds is 2. The van der Waals surface area contributed by atoms with Gasteiger partial charge in [-0.1, -0.05) is 23.2 Å². The first-order valence-corrected chi connectivity index (χ1v) is 6.35. The van der Waals surface area contributed by atoms with Gasteiger partial charge in [0.25, 0.3) is 0 Å². The smallest absolute Gasteiger partial charge is 0.226 e. The molecule has 96 valence electrons. The van der Waals surface area contributed by atoms with Gasteiger partial charge in [0.2, 0.25) is 5.28 Å². The molecular weight excluding hydrogens is 309 g/mol. The molecule has 0 fully saturated rings. The van der Waals surface area contributed by atoms with Gasteiger partial charge in [0.05, 0.1) is 17.0 Å². The van der Waals surface area contributed by atoms with E-state index in [0.717, 1.165) is 0 Å². The summed E-state index contributed by atoms with van der Waals surface area (Å²) in [6, 6.07) is 5.12. The van der Waals surface area contributed by atoms with Crippen molar-refractivity contribution in [2.75, 3.05) is 5.32 Å². The lowest BCUT2D eigenvalue weighted by Gasteiger charge is -2.08. The van der Waals surface area contributed by atoms with Crippen molar-refractivity contribution in [3.63, 3.8) is 0 Å². The first-order chi connectivity index (χ1) is 9.13. The van der Waals surface area contributed by atoms with Crippen LogP contribution in [0.4, 0.5) is 11.5 Å². The number of aromatic nitrogens is 4. The first kappa shape index (κ1) is 12.5. The number of nitrogens with zero attached hydrogens (tertiary/aromatic N) is 3. The highest BCUT2D eigenvalue weighted by atomic mass is 35.5. The maximum Gasteiger partial charge on any atom is 0.226 e. The summed E-state index contributed by atoms with van der Waals surface area (Å²) in [7, 11) is 0. The van der Waals surface area contributed by atoms with E-state index < -0.39 is 0 Å². The summed E-state index contributed by atoms with van der Waals surface area (Å²) in [6.45, 7) is 0. The zero-order valence-corrected chi connectivity index (χ0v) is 11.6. The fourth-order valence-corrected chi connectivity index (χ4v) is 2.24. The lowest BCUT2D eigenvalue weighted by atomic mass is 10.3. The van der Waals surface area contributed by atoms with E-state index in [1.54, 1.807) is 18.2 Å². The molecule has 0 unspecified atom stereocenters. The van der Waals surface area contributed by atoms with Crippen molar-refractivity contribution in [1.29, 1.82) is 0 Å². The van der Waals surface area contributed by atoms with Gasteiger partial charge in [-0.05, 0) is 29.8 Å². The summed E-state index contributed by atoms with van der Waals surface area (Å²) < 4.78 is 0. The van der Waals surface area contributed by atoms with Gasteiger partial charge < -0.3 is 10.3 Å². The highest BCUT2D eigenvalue weighted by Crippen LogP contribution is 2.29. The van der Waals surface area contributed by atoms with E-state index in [-0.39, 0.29) is 5.28 Å². The van der Waals surface area contributed by atoms with Crippen LogP contribution in [0.5, 0.6) is 0 Å². The Balaban J connectivity index is 2.07. The molecule has 0 radical (unpaired) electrons. The average Bonchev–Trinajstić information content (AvgIpc) is 2.80. The van der Waals surface area contributed by atoms with Crippen molar-refractivity contribution in [2.45, 2.75) is 0 Å². The number of fused-ring (bicyclic) bond motifs is 1. The minimum absolute atomic E-state index is 0.104. The zero-order chi connectivity index (χ0) is 13.4. The van der Waals surface area contributed by atoms with Crippen LogP contribution >= 0.6 is 34.8 Å². The largest absolute Gasteiger partial charge is 0.340 e. The van der Waals surface area contributed by atoms with Gasteiger partial charge in [-0.15, -0.1) is 0 Å². The van der Waals surface area contributed by atoms with Crippen LogP contribution in [-0.2, 0) is 0 Å². The second-order valence-electron chi connectivity index (χ2n) is 3.69. The number of nitrogens with one attached hydrogen (secondary N) is 2. The quantitative estimate of drug-likeness (QED) is 0.700. The molecule has 2 N–H and O–H groups in total. The fraction of sp³-hybridized carbons (Fsp3) is 0. The molecule has 0 saturated carbocycles. The van der Waals surface area contributed by atoms with Gasteiger partial charge in [-0.3, -0.25) is 0 Å². The van der Waals surface area contributed by atoms with Gasteiger partial charge in [-0.2, -0.15) is 9.97 Å². The molecule has 0 atom stereocenters. The molecule has 0 aliphatic carbocycles. The number of imidazole rings is 1.